The number of benzene rings is 1. The summed E-state index contributed by atoms with van der Waals surface area (Å²) >= 11 is 0. The first-order valence-electron chi connectivity index (χ1n) is 9.33. The van der Waals surface area contributed by atoms with E-state index >= 15 is 0 Å². The van der Waals surface area contributed by atoms with Gasteiger partial charge in [0.05, 0.1) is 12.2 Å². The van der Waals surface area contributed by atoms with Crippen LogP contribution < -0.4 is 5.32 Å². The van der Waals surface area contributed by atoms with E-state index in [1.54, 1.807) is 31.2 Å². The van der Waals surface area contributed by atoms with Crippen molar-refractivity contribution in [2.45, 2.75) is 19.9 Å². The average molecular weight is 390 g/mol. The summed E-state index contributed by atoms with van der Waals surface area (Å²) in [6.07, 6.45) is 10.3. The quantitative estimate of drug-likeness (QED) is 0.419. The number of allylic oxidation sites excluding steroid dienone is 3. The molecule has 0 aliphatic heterocycles. The number of nitrogens with zero attached hydrogens (tertiary/aromatic N) is 1. The molecule has 2 aromatic rings. The second-order valence-corrected chi connectivity index (χ2v) is 5.94. The molecular formula is C24H26N2O3. The van der Waals surface area contributed by atoms with Crippen molar-refractivity contribution in [1.29, 1.82) is 0 Å². The monoisotopic (exact) mass is 390 g/mol. The molecule has 1 N–H and O–H groups in total. The summed E-state index contributed by atoms with van der Waals surface area (Å²) in [5.74, 6) is 0.564. The van der Waals surface area contributed by atoms with Gasteiger partial charge >= 0.3 is 5.97 Å². The Balaban J connectivity index is 2.49. The van der Waals surface area contributed by atoms with Gasteiger partial charge < -0.3 is 14.5 Å². The van der Waals surface area contributed by atoms with Gasteiger partial charge in [0.25, 0.3) is 0 Å². The molecule has 2 rings (SSSR count). The normalized spacial score (nSPS) is 12.4. The molecule has 1 unspecified atom stereocenters. The lowest BCUT2D eigenvalue weighted by Gasteiger charge is -2.21. The van der Waals surface area contributed by atoms with Crippen LogP contribution in [0.4, 0.5) is 5.69 Å². The number of para-hydroxylation sites is 1. The van der Waals surface area contributed by atoms with Gasteiger partial charge in [-0.15, -0.1) is 0 Å². The molecule has 0 saturated carbocycles. The van der Waals surface area contributed by atoms with Crippen LogP contribution in [0.5, 0.6) is 0 Å². The molecular weight excluding hydrogens is 364 g/mol. The molecule has 5 nitrogen and oxygen atoms in total. The van der Waals surface area contributed by atoms with Gasteiger partial charge in [0.1, 0.15) is 5.69 Å². The highest BCUT2D eigenvalue weighted by molar-refractivity contribution is 5.86. The van der Waals surface area contributed by atoms with Crippen molar-refractivity contribution in [3.63, 3.8) is 0 Å². The number of carbonyl (C=O) groups is 1. The predicted molar refractivity (Wildman–Crippen MR) is 119 cm³/mol. The topological polar surface area (TPSA) is 64.4 Å². The minimum Gasteiger partial charge on any atom is -0.464 e. The van der Waals surface area contributed by atoms with Gasteiger partial charge in [-0.05, 0) is 43.7 Å². The van der Waals surface area contributed by atoms with Gasteiger partial charge in [0.2, 0.25) is 5.89 Å². The Bertz CT molecular complexity index is 925. The van der Waals surface area contributed by atoms with Crippen LogP contribution in [0.1, 0.15) is 25.3 Å². The van der Waals surface area contributed by atoms with Crippen LogP contribution in [0.2, 0.25) is 0 Å². The number of anilines is 1. The van der Waals surface area contributed by atoms with Crippen LogP contribution >= 0.6 is 0 Å². The molecule has 1 heterocycles. The Morgan fingerprint density at radius 2 is 2.03 bits per heavy atom. The lowest BCUT2D eigenvalue weighted by atomic mass is 10.0. The molecule has 1 atom stereocenters. The lowest BCUT2D eigenvalue weighted by Crippen LogP contribution is -2.33. The van der Waals surface area contributed by atoms with Gasteiger partial charge in [-0.25, -0.2) is 9.78 Å². The number of nitrogens with one attached hydrogen (secondary N) is 1. The van der Waals surface area contributed by atoms with Crippen LogP contribution in [-0.2, 0) is 9.53 Å². The Hall–Kier alpha value is -3.60. The Labute approximate surface area is 171 Å². The fourth-order valence-corrected chi connectivity index (χ4v) is 2.74. The van der Waals surface area contributed by atoms with Gasteiger partial charge in [-0.3, -0.25) is 0 Å². The molecule has 29 heavy (non-hydrogen) atoms. The van der Waals surface area contributed by atoms with Crippen molar-refractivity contribution in [1.82, 2.24) is 4.98 Å². The maximum atomic E-state index is 12.7. The zero-order chi connectivity index (χ0) is 21.2. The SMILES string of the molecule is C=C/C=C\C(=C/C)C(Nc1ccccc1-c1nc(C=C)c(C=C)o1)C(=O)OCC. The summed E-state index contributed by atoms with van der Waals surface area (Å²) in [5.41, 5.74) is 2.75. The number of hydrogen-bond donors (Lipinski definition) is 1. The third-order valence-electron chi connectivity index (χ3n) is 4.13. The van der Waals surface area contributed by atoms with E-state index in [4.69, 9.17) is 9.15 Å². The number of rotatable bonds is 10. The largest absolute Gasteiger partial charge is 0.464 e. The fraction of sp³-hybridized carbons (Fsp3) is 0.167. The summed E-state index contributed by atoms with van der Waals surface area (Å²) in [4.78, 5) is 17.1. The molecule has 0 spiro atoms. The third-order valence-corrected chi connectivity index (χ3v) is 4.13. The number of carbonyl (C=O) groups excluding carboxylic acids is 1. The summed E-state index contributed by atoms with van der Waals surface area (Å²) in [7, 11) is 0. The molecule has 150 valence electrons. The van der Waals surface area contributed by atoms with Crippen LogP contribution in [0, 0.1) is 0 Å². The number of oxazole rings is 1. The minimum absolute atomic E-state index is 0.284. The van der Waals surface area contributed by atoms with E-state index in [0.717, 1.165) is 5.57 Å². The Kier molecular flexibility index (Phi) is 7.98. The Morgan fingerprint density at radius 1 is 1.28 bits per heavy atom. The molecule has 0 saturated heterocycles. The molecule has 0 amide bonds. The molecule has 0 aliphatic rings. The maximum Gasteiger partial charge on any atom is 0.333 e. The van der Waals surface area contributed by atoms with E-state index in [0.29, 0.717) is 28.6 Å². The summed E-state index contributed by atoms with van der Waals surface area (Å²) in [5, 5.41) is 3.28. The first-order valence-corrected chi connectivity index (χ1v) is 9.33. The van der Waals surface area contributed by atoms with Crippen LogP contribution in [0.3, 0.4) is 0 Å². The van der Waals surface area contributed by atoms with Crippen molar-refractivity contribution >= 4 is 23.8 Å². The molecule has 0 aliphatic carbocycles. The number of hydrogen-bond acceptors (Lipinski definition) is 5. The van der Waals surface area contributed by atoms with Gasteiger partial charge in [-0.2, -0.15) is 0 Å². The van der Waals surface area contributed by atoms with E-state index in [2.05, 4.69) is 30.0 Å². The molecule has 5 heteroatoms. The number of ether oxygens (including phenoxy) is 1. The lowest BCUT2D eigenvalue weighted by molar-refractivity contribution is -0.143. The first-order chi connectivity index (χ1) is 14.1. The first kappa shape index (κ1) is 21.7. The second kappa shape index (κ2) is 10.7. The average Bonchev–Trinajstić information content (AvgIpc) is 3.17. The van der Waals surface area contributed by atoms with E-state index < -0.39 is 6.04 Å². The Morgan fingerprint density at radius 3 is 2.62 bits per heavy atom. The zero-order valence-electron chi connectivity index (χ0n) is 16.9. The summed E-state index contributed by atoms with van der Waals surface area (Å²) in [6.45, 7) is 15.1. The van der Waals surface area contributed by atoms with Crippen molar-refractivity contribution in [2.24, 2.45) is 0 Å². The van der Waals surface area contributed by atoms with Gasteiger partial charge in [0, 0.05) is 5.69 Å². The summed E-state index contributed by atoms with van der Waals surface area (Å²) in [6, 6.07) is 6.77. The maximum absolute atomic E-state index is 12.7. The number of esters is 1. The van der Waals surface area contributed by atoms with Crippen LogP contribution in [0.25, 0.3) is 23.6 Å². The van der Waals surface area contributed by atoms with E-state index in [1.165, 1.54) is 0 Å². The standard InChI is InChI=1S/C24H26N2O3/c1-6-11-14-17(7-2)22(24(27)28-10-5)25-20-16-13-12-15-18(20)23-26-19(8-3)21(9-4)29-23/h6-9,11-16,22,25H,1,3-4,10H2,2,5H3/b14-11-,17-7+. The van der Waals surface area contributed by atoms with Crippen molar-refractivity contribution < 1.29 is 13.9 Å². The highest BCUT2D eigenvalue weighted by atomic mass is 16.5. The van der Waals surface area contributed by atoms with Crippen LogP contribution in [-0.4, -0.2) is 23.6 Å². The van der Waals surface area contributed by atoms with Gasteiger partial charge in [-0.1, -0.05) is 56.2 Å². The van der Waals surface area contributed by atoms with Crippen molar-refractivity contribution in [3.8, 4) is 11.5 Å². The second-order valence-electron chi connectivity index (χ2n) is 5.94. The third kappa shape index (κ3) is 5.23. The molecule has 0 radical (unpaired) electrons. The molecule has 0 fully saturated rings. The summed E-state index contributed by atoms with van der Waals surface area (Å²) < 4.78 is 11.1. The highest BCUT2D eigenvalue weighted by Crippen LogP contribution is 2.31. The van der Waals surface area contributed by atoms with E-state index in [9.17, 15) is 4.79 Å². The van der Waals surface area contributed by atoms with Crippen molar-refractivity contribution in [3.05, 3.63) is 85.3 Å². The molecule has 1 aromatic carbocycles. The molecule has 0 bridgehead atoms. The van der Waals surface area contributed by atoms with E-state index in [1.807, 2.05) is 43.3 Å². The van der Waals surface area contributed by atoms with Crippen LogP contribution in [0.15, 0.2) is 78.3 Å². The van der Waals surface area contributed by atoms with Crippen molar-refractivity contribution in [2.75, 3.05) is 11.9 Å². The van der Waals surface area contributed by atoms with Gasteiger partial charge in [0.15, 0.2) is 11.8 Å². The highest BCUT2D eigenvalue weighted by Gasteiger charge is 2.24. The smallest absolute Gasteiger partial charge is 0.333 e. The fourth-order valence-electron chi connectivity index (χ4n) is 2.74. The number of aromatic nitrogens is 1. The minimum atomic E-state index is -0.704. The molecule has 1 aromatic heterocycles. The van der Waals surface area contributed by atoms with E-state index in [-0.39, 0.29) is 12.6 Å². The predicted octanol–water partition coefficient (Wildman–Crippen LogP) is 5.66. The zero-order valence-corrected chi connectivity index (χ0v) is 16.9.